The van der Waals surface area contributed by atoms with Crippen molar-refractivity contribution in [2.24, 2.45) is 7.05 Å². The lowest BCUT2D eigenvalue weighted by molar-refractivity contribution is 0.0195. The number of hydrogen-bond donors (Lipinski definition) is 1. The molecule has 0 bridgehead atoms. The number of H-pyrrole nitrogens is 1. The average Bonchev–Trinajstić information content (AvgIpc) is 2.68. The molecule has 1 fully saturated rings. The summed E-state index contributed by atoms with van der Waals surface area (Å²) in [5.41, 5.74) is -0.463. The number of hydrogen-bond acceptors (Lipinski definition) is 4. The van der Waals surface area contributed by atoms with Crippen LogP contribution in [0.2, 0.25) is 0 Å². The Morgan fingerprint density at radius 1 is 1.50 bits per heavy atom. The van der Waals surface area contributed by atoms with E-state index in [0.717, 1.165) is 25.2 Å². The molecule has 2 heterocycles. The van der Waals surface area contributed by atoms with Crippen LogP contribution in [-0.4, -0.2) is 44.4 Å². The number of amides is 1. The monoisotopic (exact) mass is 298 g/mol. The Kier molecular flexibility index (Phi) is 4.17. The van der Waals surface area contributed by atoms with Crippen LogP contribution in [-0.2, 0) is 11.8 Å². The van der Waals surface area contributed by atoms with Gasteiger partial charge in [0, 0.05) is 26.1 Å². The standard InChI is InChI=1S/C13H22N4O2S/c1-13(2,3)19-12(18)17-7-5-6-9(8-17)10-14-15-11(20)16(10)4/h9H,5-8H2,1-4H3,(H,15,20). The second-order valence-corrected chi connectivity index (χ2v) is 6.60. The van der Waals surface area contributed by atoms with Crippen molar-refractivity contribution in [2.75, 3.05) is 13.1 Å². The van der Waals surface area contributed by atoms with Crippen LogP contribution in [0.4, 0.5) is 4.79 Å². The summed E-state index contributed by atoms with van der Waals surface area (Å²) < 4.78 is 7.91. The molecule has 0 radical (unpaired) electrons. The van der Waals surface area contributed by atoms with Crippen LogP contribution in [0.25, 0.3) is 0 Å². The van der Waals surface area contributed by atoms with Crippen LogP contribution in [0, 0.1) is 4.77 Å². The molecular weight excluding hydrogens is 276 g/mol. The zero-order valence-electron chi connectivity index (χ0n) is 12.5. The molecule has 1 N–H and O–H groups in total. The summed E-state index contributed by atoms with van der Waals surface area (Å²) in [7, 11) is 1.90. The Hall–Kier alpha value is -1.37. The van der Waals surface area contributed by atoms with E-state index in [0.29, 0.717) is 11.3 Å². The summed E-state index contributed by atoms with van der Waals surface area (Å²) in [6.45, 7) is 7.00. The Morgan fingerprint density at radius 3 is 2.75 bits per heavy atom. The highest BCUT2D eigenvalue weighted by Gasteiger charge is 2.30. The number of aromatic nitrogens is 3. The summed E-state index contributed by atoms with van der Waals surface area (Å²) in [6.07, 6.45) is 1.70. The van der Waals surface area contributed by atoms with E-state index in [-0.39, 0.29) is 12.0 Å². The fraction of sp³-hybridized carbons (Fsp3) is 0.769. The van der Waals surface area contributed by atoms with Gasteiger partial charge in [-0.05, 0) is 45.8 Å². The van der Waals surface area contributed by atoms with Gasteiger partial charge in [0.1, 0.15) is 11.4 Å². The molecule has 1 amide bonds. The van der Waals surface area contributed by atoms with Gasteiger partial charge < -0.3 is 14.2 Å². The first-order chi connectivity index (χ1) is 9.28. The topological polar surface area (TPSA) is 63.1 Å². The van der Waals surface area contributed by atoms with Gasteiger partial charge in [-0.15, -0.1) is 0 Å². The molecule has 1 aliphatic rings. The predicted octanol–water partition coefficient (Wildman–Crippen LogP) is 2.59. The maximum absolute atomic E-state index is 12.1. The summed E-state index contributed by atoms with van der Waals surface area (Å²) in [5, 5.41) is 7.07. The summed E-state index contributed by atoms with van der Waals surface area (Å²) in [5.74, 6) is 1.11. The highest BCUT2D eigenvalue weighted by Crippen LogP contribution is 2.26. The second kappa shape index (κ2) is 5.55. The maximum Gasteiger partial charge on any atom is 0.410 e. The third-order valence-corrected chi connectivity index (χ3v) is 3.72. The Morgan fingerprint density at radius 2 is 2.20 bits per heavy atom. The largest absolute Gasteiger partial charge is 0.444 e. The van der Waals surface area contributed by atoms with Gasteiger partial charge in [-0.1, -0.05) is 0 Å². The molecule has 1 saturated heterocycles. The first-order valence-corrected chi connectivity index (χ1v) is 7.28. The van der Waals surface area contributed by atoms with E-state index in [1.54, 1.807) is 4.90 Å². The number of nitrogens with zero attached hydrogens (tertiary/aromatic N) is 3. The van der Waals surface area contributed by atoms with Crippen molar-refractivity contribution in [1.82, 2.24) is 19.7 Å². The fourth-order valence-electron chi connectivity index (χ4n) is 2.40. The zero-order chi connectivity index (χ0) is 14.9. The number of rotatable bonds is 1. The Labute approximate surface area is 124 Å². The summed E-state index contributed by atoms with van der Waals surface area (Å²) >= 11 is 5.14. The lowest BCUT2D eigenvalue weighted by Crippen LogP contribution is -2.42. The molecule has 2 rings (SSSR count). The molecule has 0 aromatic carbocycles. The minimum atomic E-state index is -0.463. The molecule has 1 unspecified atom stereocenters. The van der Waals surface area contributed by atoms with Crippen LogP contribution >= 0.6 is 12.2 Å². The van der Waals surface area contributed by atoms with Crippen molar-refractivity contribution in [1.29, 1.82) is 0 Å². The number of carbonyl (C=O) groups is 1. The number of ether oxygens (including phenoxy) is 1. The molecule has 1 aliphatic heterocycles. The third-order valence-electron chi connectivity index (χ3n) is 3.35. The van der Waals surface area contributed by atoms with Gasteiger partial charge in [0.25, 0.3) is 0 Å². The molecule has 0 aliphatic carbocycles. The van der Waals surface area contributed by atoms with Gasteiger partial charge >= 0.3 is 6.09 Å². The molecule has 7 heteroatoms. The Balaban J connectivity index is 2.07. The third kappa shape index (κ3) is 3.39. The van der Waals surface area contributed by atoms with E-state index in [4.69, 9.17) is 17.0 Å². The van der Waals surface area contributed by atoms with Crippen molar-refractivity contribution in [3.05, 3.63) is 10.6 Å². The minimum Gasteiger partial charge on any atom is -0.444 e. The van der Waals surface area contributed by atoms with Crippen LogP contribution in [0.5, 0.6) is 0 Å². The van der Waals surface area contributed by atoms with Crippen molar-refractivity contribution < 1.29 is 9.53 Å². The molecule has 6 nitrogen and oxygen atoms in total. The number of likely N-dealkylation sites (tertiary alicyclic amines) is 1. The van der Waals surface area contributed by atoms with Crippen LogP contribution in [0.1, 0.15) is 45.4 Å². The van der Waals surface area contributed by atoms with E-state index in [9.17, 15) is 4.79 Å². The molecule has 20 heavy (non-hydrogen) atoms. The molecule has 0 spiro atoms. The smallest absolute Gasteiger partial charge is 0.410 e. The molecule has 1 aromatic rings. The lowest BCUT2D eigenvalue weighted by atomic mass is 9.97. The van der Waals surface area contributed by atoms with E-state index in [1.807, 2.05) is 32.4 Å². The Bertz CT molecular complexity index is 543. The van der Waals surface area contributed by atoms with E-state index in [1.165, 1.54) is 0 Å². The van der Waals surface area contributed by atoms with Gasteiger partial charge in [0.05, 0.1) is 0 Å². The van der Waals surface area contributed by atoms with Gasteiger partial charge in [-0.25, -0.2) is 4.79 Å². The minimum absolute atomic E-state index is 0.203. The zero-order valence-corrected chi connectivity index (χ0v) is 13.3. The first-order valence-electron chi connectivity index (χ1n) is 6.87. The van der Waals surface area contributed by atoms with Crippen molar-refractivity contribution in [2.45, 2.75) is 45.1 Å². The van der Waals surface area contributed by atoms with Gasteiger partial charge in [-0.3, -0.25) is 5.10 Å². The van der Waals surface area contributed by atoms with Gasteiger partial charge in [0.2, 0.25) is 0 Å². The van der Waals surface area contributed by atoms with E-state index < -0.39 is 5.60 Å². The van der Waals surface area contributed by atoms with Crippen molar-refractivity contribution in [3.63, 3.8) is 0 Å². The molecule has 1 atom stereocenters. The van der Waals surface area contributed by atoms with Crippen LogP contribution < -0.4 is 0 Å². The highest BCUT2D eigenvalue weighted by atomic mass is 32.1. The predicted molar refractivity (Wildman–Crippen MR) is 78.2 cm³/mol. The summed E-state index contributed by atoms with van der Waals surface area (Å²) in [4.78, 5) is 13.9. The number of piperidine rings is 1. The van der Waals surface area contributed by atoms with E-state index in [2.05, 4.69) is 10.2 Å². The first kappa shape index (κ1) is 15.0. The quantitative estimate of drug-likeness (QED) is 0.809. The molecule has 112 valence electrons. The molecular formula is C13H22N4O2S. The second-order valence-electron chi connectivity index (χ2n) is 6.21. The fourth-order valence-corrected chi connectivity index (χ4v) is 2.54. The molecule has 0 saturated carbocycles. The molecule has 1 aromatic heterocycles. The maximum atomic E-state index is 12.1. The lowest BCUT2D eigenvalue weighted by Gasteiger charge is -2.33. The van der Waals surface area contributed by atoms with Crippen LogP contribution in [0.15, 0.2) is 0 Å². The number of aromatic amines is 1. The van der Waals surface area contributed by atoms with Crippen molar-refractivity contribution in [3.8, 4) is 0 Å². The highest BCUT2D eigenvalue weighted by molar-refractivity contribution is 7.71. The summed E-state index contributed by atoms with van der Waals surface area (Å²) in [6, 6.07) is 0. The number of nitrogens with one attached hydrogen (secondary N) is 1. The van der Waals surface area contributed by atoms with E-state index >= 15 is 0 Å². The number of carbonyl (C=O) groups excluding carboxylic acids is 1. The SMILES string of the molecule is Cn1c(C2CCCN(C(=O)OC(C)(C)C)C2)n[nH]c1=S. The average molecular weight is 298 g/mol. The normalized spacial score (nSPS) is 20.0. The van der Waals surface area contributed by atoms with Gasteiger partial charge in [0.15, 0.2) is 4.77 Å². The van der Waals surface area contributed by atoms with Crippen molar-refractivity contribution >= 4 is 18.3 Å². The van der Waals surface area contributed by atoms with Gasteiger partial charge in [-0.2, -0.15) is 5.10 Å². The van der Waals surface area contributed by atoms with Crippen LogP contribution in [0.3, 0.4) is 0 Å².